The number of rotatable bonds is 6. The summed E-state index contributed by atoms with van der Waals surface area (Å²) >= 11 is 0. The van der Waals surface area contributed by atoms with E-state index < -0.39 is 0 Å². The van der Waals surface area contributed by atoms with E-state index >= 15 is 0 Å². The Hall–Kier alpha value is -1.13. The molecule has 1 saturated heterocycles. The highest BCUT2D eigenvalue weighted by molar-refractivity contribution is 5.18. The summed E-state index contributed by atoms with van der Waals surface area (Å²) in [7, 11) is 0. The summed E-state index contributed by atoms with van der Waals surface area (Å²) in [5.74, 6) is 0.828. The van der Waals surface area contributed by atoms with E-state index in [1.807, 2.05) is 19.1 Å². The second-order valence-corrected chi connectivity index (χ2v) is 4.32. The third-order valence-electron chi connectivity index (χ3n) is 2.83. The Balaban J connectivity index is 1.55. The molecule has 1 unspecified atom stereocenters. The van der Waals surface area contributed by atoms with Gasteiger partial charge in [0.25, 0.3) is 0 Å². The molecule has 0 aliphatic carbocycles. The van der Waals surface area contributed by atoms with Crippen molar-refractivity contribution in [2.24, 2.45) is 0 Å². The Morgan fingerprint density at radius 1 is 1.53 bits per heavy atom. The molecule has 4 nitrogen and oxygen atoms in total. The van der Waals surface area contributed by atoms with E-state index in [1.165, 1.54) is 12.8 Å². The smallest absolute Gasteiger partial charge is 0.137 e. The van der Waals surface area contributed by atoms with Gasteiger partial charge in [0.2, 0.25) is 0 Å². The third-order valence-corrected chi connectivity index (χ3v) is 2.83. The highest BCUT2D eigenvalue weighted by atomic mass is 16.5. The maximum absolute atomic E-state index is 5.56. The van der Waals surface area contributed by atoms with Gasteiger partial charge in [-0.1, -0.05) is 0 Å². The molecular formula is C13H20N2O2. The van der Waals surface area contributed by atoms with Crippen molar-refractivity contribution in [2.75, 3.05) is 26.3 Å². The van der Waals surface area contributed by atoms with E-state index in [9.17, 15) is 0 Å². The number of pyridine rings is 1. The summed E-state index contributed by atoms with van der Waals surface area (Å²) in [6.45, 7) is 5.31. The number of aryl methyl sites for hydroxylation is 1. The van der Waals surface area contributed by atoms with Gasteiger partial charge in [0.15, 0.2) is 0 Å². The van der Waals surface area contributed by atoms with Gasteiger partial charge >= 0.3 is 0 Å². The molecule has 1 atom stereocenters. The van der Waals surface area contributed by atoms with Crippen LogP contribution in [0.4, 0.5) is 0 Å². The van der Waals surface area contributed by atoms with Gasteiger partial charge in [0.05, 0.1) is 12.3 Å². The minimum atomic E-state index is 0.399. The first-order chi connectivity index (χ1) is 8.34. The van der Waals surface area contributed by atoms with Crippen LogP contribution in [0, 0.1) is 6.92 Å². The van der Waals surface area contributed by atoms with Gasteiger partial charge < -0.3 is 14.8 Å². The predicted octanol–water partition coefficient (Wildman–Crippen LogP) is 1.54. The molecule has 1 aromatic rings. The van der Waals surface area contributed by atoms with Gasteiger partial charge in [0, 0.05) is 25.4 Å². The van der Waals surface area contributed by atoms with Crippen molar-refractivity contribution < 1.29 is 9.47 Å². The van der Waals surface area contributed by atoms with Gasteiger partial charge in [-0.25, -0.2) is 0 Å². The van der Waals surface area contributed by atoms with Crippen LogP contribution < -0.4 is 10.1 Å². The first-order valence-corrected chi connectivity index (χ1v) is 6.22. The van der Waals surface area contributed by atoms with Crippen molar-refractivity contribution >= 4 is 0 Å². The van der Waals surface area contributed by atoms with E-state index in [-0.39, 0.29) is 0 Å². The van der Waals surface area contributed by atoms with Crippen LogP contribution in [0.25, 0.3) is 0 Å². The normalized spacial score (nSPS) is 19.5. The topological polar surface area (TPSA) is 43.4 Å². The van der Waals surface area contributed by atoms with Crippen molar-refractivity contribution in [1.29, 1.82) is 0 Å². The molecule has 0 spiro atoms. The lowest BCUT2D eigenvalue weighted by Crippen LogP contribution is -2.29. The molecule has 4 heteroatoms. The van der Waals surface area contributed by atoms with E-state index in [0.717, 1.165) is 31.1 Å². The number of nitrogens with one attached hydrogen (secondary N) is 1. The summed E-state index contributed by atoms with van der Waals surface area (Å²) in [5.41, 5.74) is 1.01. The largest absolute Gasteiger partial charge is 0.491 e. The summed E-state index contributed by atoms with van der Waals surface area (Å²) in [5, 5.41) is 3.34. The van der Waals surface area contributed by atoms with Crippen LogP contribution >= 0.6 is 0 Å². The lowest BCUT2D eigenvalue weighted by atomic mass is 10.2. The van der Waals surface area contributed by atoms with Gasteiger partial charge in [0.1, 0.15) is 12.4 Å². The SMILES string of the molecule is Cc1ccc(OCCNCC2CCCO2)cn1. The molecule has 1 aliphatic heterocycles. The van der Waals surface area contributed by atoms with Crippen LogP contribution in [0.5, 0.6) is 5.75 Å². The first-order valence-electron chi connectivity index (χ1n) is 6.22. The lowest BCUT2D eigenvalue weighted by Gasteiger charge is -2.11. The number of hydrogen-bond acceptors (Lipinski definition) is 4. The maximum atomic E-state index is 5.56. The minimum absolute atomic E-state index is 0.399. The quantitative estimate of drug-likeness (QED) is 0.761. The van der Waals surface area contributed by atoms with Crippen LogP contribution in [0.2, 0.25) is 0 Å². The first kappa shape index (κ1) is 12.3. The molecule has 1 fully saturated rings. The molecule has 94 valence electrons. The number of aromatic nitrogens is 1. The van der Waals surface area contributed by atoms with Gasteiger partial charge in [-0.15, -0.1) is 0 Å². The Kier molecular flexibility index (Phi) is 4.76. The van der Waals surface area contributed by atoms with Crippen LogP contribution in [0.1, 0.15) is 18.5 Å². The Bertz CT molecular complexity index is 321. The van der Waals surface area contributed by atoms with Crippen molar-refractivity contribution in [2.45, 2.75) is 25.9 Å². The van der Waals surface area contributed by atoms with Crippen LogP contribution in [-0.2, 0) is 4.74 Å². The van der Waals surface area contributed by atoms with Crippen molar-refractivity contribution in [3.63, 3.8) is 0 Å². The average molecular weight is 236 g/mol. The lowest BCUT2D eigenvalue weighted by molar-refractivity contribution is 0.109. The van der Waals surface area contributed by atoms with Crippen LogP contribution in [-0.4, -0.2) is 37.4 Å². The molecule has 0 aromatic carbocycles. The fourth-order valence-electron chi connectivity index (χ4n) is 1.85. The van der Waals surface area contributed by atoms with Crippen LogP contribution in [0.15, 0.2) is 18.3 Å². The van der Waals surface area contributed by atoms with Gasteiger partial charge in [-0.2, -0.15) is 0 Å². The molecule has 0 bridgehead atoms. The number of ether oxygens (including phenoxy) is 2. The Labute approximate surface area is 102 Å². The number of hydrogen-bond donors (Lipinski definition) is 1. The molecular weight excluding hydrogens is 216 g/mol. The summed E-state index contributed by atoms with van der Waals surface area (Å²) in [6.07, 6.45) is 4.53. The zero-order chi connectivity index (χ0) is 11.9. The van der Waals surface area contributed by atoms with Crippen molar-refractivity contribution in [3.05, 3.63) is 24.0 Å². The van der Waals surface area contributed by atoms with E-state index in [1.54, 1.807) is 6.20 Å². The molecule has 0 saturated carbocycles. The van der Waals surface area contributed by atoms with Gasteiger partial charge in [-0.05, 0) is 31.9 Å². The summed E-state index contributed by atoms with van der Waals surface area (Å²) in [6, 6.07) is 3.90. The molecule has 1 aliphatic rings. The van der Waals surface area contributed by atoms with E-state index in [2.05, 4.69) is 10.3 Å². The monoisotopic (exact) mass is 236 g/mol. The molecule has 2 rings (SSSR count). The molecule has 17 heavy (non-hydrogen) atoms. The third kappa shape index (κ3) is 4.32. The Morgan fingerprint density at radius 2 is 2.47 bits per heavy atom. The molecule has 2 heterocycles. The molecule has 1 N–H and O–H groups in total. The highest BCUT2D eigenvalue weighted by Gasteiger charge is 2.14. The minimum Gasteiger partial charge on any atom is -0.491 e. The second-order valence-electron chi connectivity index (χ2n) is 4.32. The molecule has 1 aromatic heterocycles. The Morgan fingerprint density at radius 3 is 3.18 bits per heavy atom. The predicted molar refractivity (Wildman–Crippen MR) is 66.3 cm³/mol. The average Bonchev–Trinajstić information content (AvgIpc) is 2.84. The van der Waals surface area contributed by atoms with Crippen LogP contribution in [0.3, 0.4) is 0 Å². The summed E-state index contributed by atoms with van der Waals surface area (Å²) in [4.78, 5) is 4.18. The number of nitrogens with zero attached hydrogens (tertiary/aromatic N) is 1. The highest BCUT2D eigenvalue weighted by Crippen LogP contribution is 2.10. The molecule has 0 radical (unpaired) electrons. The van der Waals surface area contributed by atoms with E-state index in [0.29, 0.717) is 12.7 Å². The zero-order valence-electron chi connectivity index (χ0n) is 10.3. The fraction of sp³-hybridized carbons (Fsp3) is 0.615. The maximum Gasteiger partial charge on any atom is 0.137 e. The second kappa shape index (κ2) is 6.57. The molecule has 0 amide bonds. The summed E-state index contributed by atoms with van der Waals surface area (Å²) < 4.78 is 11.1. The van der Waals surface area contributed by atoms with Crippen molar-refractivity contribution in [1.82, 2.24) is 10.3 Å². The standard InChI is InChI=1S/C13H20N2O2/c1-11-4-5-13(10-15-11)17-8-6-14-9-12-3-2-7-16-12/h4-5,10,12,14H,2-3,6-9H2,1H3. The van der Waals surface area contributed by atoms with E-state index in [4.69, 9.17) is 9.47 Å². The van der Waals surface area contributed by atoms with Crippen molar-refractivity contribution in [3.8, 4) is 5.75 Å². The fourth-order valence-corrected chi connectivity index (χ4v) is 1.85. The zero-order valence-corrected chi connectivity index (χ0v) is 10.3. The van der Waals surface area contributed by atoms with Gasteiger partial charge in [-0.3, -0.25) is 4.98 Å².